The number of rotatable bonds is 3. The number of nitrogens with one attached hydrogen (secondary N) is 1. The molecule has 2 heterocycles. The van der Waals surface area contributed by atoms with Gasteiger partial charge in [-0.1, -0.05) is 18.2 Å². The molecule has 2 fully saturated rings. The molecule has 0 unspecified atom stereocenters. The Morgan fingerprint density at radius 2 is 1.79 bits per heavy atom. The zero-order chi connectivity index (χ0) is 13.3. The van der Waals surface area contributed by atoms with E-state index in [-0.39, 0.29) is 5.25 Å². The molecule has 5 heteroatoms. The zero-order valence-electron chi connectivity index (χ0n) is 10.8. The van der Waals surface area contributed by atoms with E-state index in [0.29, 0.717) is 24.0 Å². The summed E-state index contributed by atoms with van der Waals surface area (Å²) in [6, 6.07) is 7.48. The Kier molecular flexibility index (Phi) is 3.60. The molecule has 104 valence electrons. The van der Waals surface area contributed by atoms with Crippen LogP contribution in [0.3, 0.4) is 0 Å². The van der Waals surface area contributed by atoms with Gasteiger partial charge < -0.3 is 10.1 Å². The molecule has 1 aromatic carbocycles. The van der Waals surface area contributed by atoms with Crippen molar-refractivity contribution in [2.75, 3.05) is 26.3 Å². The maximum Gasteiger partial charge on any atom is 0.186 e. The fourth-order valence-corrected chi connectivity index (χ4v) is 4.52. The van der Waals surface area contributed by atoms with Gasteiger partial charge in [0.25, 0.3) is 0 Å². The van der Waals surface area contributed by atoms with Crippen LogP contribution in [0.25, 0.3) is 0 Å². The highest BCUT2D eigenvalue weighted by molar-refractivity contribution is 7.92. The van der Waals surface area contributed by atoms with Crippen LogP contribution in [0, 0.1) is 0 Å². The normalized spacial score (nSPS) is 22.1. The quantitative estimate of drug-likeness (QED) is 0.908. The standard InChI is InChI=1S/C14H19NO3S/c16-19(17,12-9-18-10-12)14-4-2-1-3-13(14)11-5-7-15-8-6-11/h1-4,11-12,15H,5-10H2. The summed E-state index contributed by atoms with van der Waals surface area (Å²) < 4.78 is 30.2. The fraction of sp³-hybridized carbons (Fsp3) is 0.571. The highest BCUT2D eigenvalue weighted by Crippen LogP contribution is 2.33. The molecular weight excluding hydrogens is 262 g/mol. The molecule has 2 aliphatic rings. The van der Waals surface area contributed by atoms with Crippen LogP contribution in [0.5, 0.6) is 0 Å². The van der Waals surface area contributed by atoms with Gasteiger partial charge in [-0.2, -0.15) is 0 Å². The van der Waals surface area contributed by atoms with Crippen molar-refractivity contribution < 1.29 is 13.2 Å². The summed E-state index contributed by atoms with van der Waals surface area (Å²) in [5, 5.41) is 2.97. The molecule has 0 amide bonds. The van der Waals surface area contributed by atoms with E-state index < -0.39 is 9.84 Å². The molecule has 0 atom stereocenters. The highest BCUT2D eigenvalue weighted by atomic mass is 32.2. The van der Waals surface area contributed by atoms with Crippen LogP contribution < -0.4 is 5.32 Å². The molecule has 0 aliphatic carbocycles. The van der Waals surface area contributed by atoms with E-state index in [9.17, 15) is 8.42 Å². The van der Waals surface area contributed by atoms with Crippen molar-refractivity contribution in [3.8, 4) is 0 Å². The second-order valence-corrected chi connectivity index (χ2v) is 7.46. The largest absolute Gasteiger partial charge is 0.379 e. The summed E-state index contributed by atoms with van der Waals surface area (Å²) in [6.45, 7) is 2.60. The Labute approximate surface area is 114 Å². The Hall–Kier alpha value is -0.910. The molecule has 2 aliphatic heterocycles. The second-order valence-electron chi connectivity index (χ2n) is 5.27. The first-order valence-electron chi connectivity index (χ1n) is 6.81. The van der Waals surface area contributed by atoms with Crippen LogP contribution in [0.2, 0.25) is 0 Å². The second kappa shape index (κ2) is 5.23. The van der Waals surface area contributed by atoms with E-state index in [1.807, 2.05) is 18.2 Å². The van der Waals surface area contributed by atoms with Gasteiger partial charge in [0.05, 0.1) is 18.1 Å². The van der Waals surface area contributed by atoms with Crippen LogP contribution in [0.15, 0.2) is 29.2 Å². The van der Waals surface area contributed by atoms with Gasteiger partial charge in [-0.15, -0.1) is 0 Å². The van der Waals surface area contributed by atoms with E-state index in [4.69, 9.17) is 4.74 Å². The maximum absolute atomic E-state index is 12.6. The summed E-state index contributed by atoms with van der Waals surface area (Å²) >= 11 is 0. The highest BCUT2D eigenvalue weighted by Gasteiger charge is 2.36. The van der Waals surface area contributed by atoms with Gasteiger partial charge in [0.2, 0.25) is 0 Å². The van der Waals surface area contributed by atoms with E-state index >= 15 is 0 Å². The molecule has 0 spiro atoms. The van der Waals surface area contributed by atoms with Crippen molar-refractivity contribution >= 4 is 9.84 Å². The van der Waals surface area contributed by atoms with Crippen LogP contribution in [-0.4, -0.2) is 40.0 Å². The van der Waals surface area contributed by atoms with E-state index in [0.717, 1.165) is 31.5 Å². The molecular formula is C14H19NO3S. The molecule has 0 bridgehead atoms. The summed E-state index contributed by atoms with van der Waals surface area (Å²) in [7, 11) is -3.23. The van der Waals surface area contributed by atoms with Gasteiger partial charge in [0, 0.05) is 0 Å². The Morgan fingerprint density at radius 1 is 1.11 bits per heavy atom. The van der Waals surface area contributed by atoms with Crippen LogP contribution in [-0.2, 0) is 14.6 Å². The summed E-state index contributed by atoms with van der Waals surface area (Å²) in [5.74, 6) is 0.355. The first-order chi connectivity index (χ1) is 9.19. The molecule has 0 radical (unpaired) electrons. The zero-order valence-corrected chi connectivity index (χ0v) is 11.7. The lowest BCUT2D eigenvalue weighted by atomic mass is 9.90. The van der Waals surface area contributed by atoms with E-state index in [2.05, 4.69) is 5.32 Å². The number of benzene rings is 1. The number of hydrogen-bond acceptors (Lipinski definition) is 4. The summed E-state index contributed by atoms with van der Waals surface area (Å²) in [4.78, 5) is 0.523. The lowest BCUT2D eigenvalue weighted by molar-refractivity contribution is 0.0415. The Morgan fingerprint density at radius 3 is 2.42 bits per heavy atom. The molecule has 3 rings (SSSR count). The smallest absolute Gasteiger partial charge is 0.186 e. The molecule has 1 N–H and O–H groups in total. The Bertz CT molecular complexity index is 546. The summed E-state index contributed by atoms with van der Waals surface area (Å²) in [6.07, 6.45) is 2.02. The van der Waals surface area contributed by atoms with Gasteiger partial charge in [0.1, 0.15) is 5.25 Å². The molecule has 0 saturated carbocycles. The minimum Gasteiger partial charge on any atom is -0.379 e. The SMILES string of the molecule is O=S(=O)(c1ccccc1C1CCNCC1)C1COC1. The third kappa shape index (κ3) is 2.42. The van der Waals surface area contributed by atoms with Crippen molar-refractivity contribution in [1.82, 2.24) is 5.32 Å². The van der Waals surface area contributed by atoms with E-state index in [1.54, 1.807) is 6.07 Å². The Balaban J connectivity index is 1.96. The van der Waals surface area contributed by atoms with Crippen LogP contribution in [0.1, 0.15) is 24.3 Å². The topological polar surface area (TPSA) is 55.4 Å². The van der Waals surface area contributed by atoms with E-state index in [1.165, 1.54) is 0 Å². The minimum atomic E-state index is -3.23. The monoisotopic (exact) mass is 281 g/mol. The van der Waals surface area contributed by atoms with Gasteiger partial charge >= 0.3 is 0 Å². The molecule has 0 aromatic heterocycles. The van der Waals surface area contributed by atoms with Crippen molar-refractivity contribution in [3.63, 3.8) is 0 Å². The molecule has 4 nitrogen and oxygen atoms in total. The molecule has 1 aromatic rings. The van der Waals surface area contributed by atoms with Gasteiger partial charge in [-0.3, -0.25) is 0 Å². The van der Waals surface area contributed by atoms with Crippen molar-refractivity contribution in [2.45, 2.75) is 28.9 Å². The average Bonchev–Trinajstić information content (AvgIpc) is 2.37. The van der Waals surface area contributed by atoms with Crippen molar-refractivity contribution in [1.29, 1.82) is 0 Å². The van der Waals surface area contributed by atoms with Crippen LogP contribution >= 0.6 is 0 Å². The summed E-state index contributed by atoms with van der Waals surface area (Å²) in [5.41, 5.74) is 0.996. The third-order valence-electron chi connectivity index (χ3n) is 4.05. The first-order valence-corrected chi connectivity index (χ1v) is 8.35. The lowest BCUT2D eigenvalue weighted by Crippen LogP contribution is -2.41. The van der Waals surface area contributed by atoms with Gasteiger partial charge in [-0.05, 0) is 43.5 Å². The third-order valence-corrected chi connectivity index (χ3v) is 6.19. The minimum absolute atomic E-state index is 0.336. The predicted octanol–water partition coefficient (Wildman–Crippen LogP) is 1.33. The molecule has 19 heavy (non-hydrogen) atoms. The van der Waals surface area contributed by atoms with Crippen molar-refractivity contribution in [2.24, 2.45) is 0 Å². The van der Waals surface area contributed by atoms with Gasteiger partial charge in [-0.25, -0.2) is 8.42 Å². The van der Waals surface area contributed by atoms with Crippen molar-refractivity contribution in [3.05, 3.63) is 29.8 Å². The lowest BCUT2D eigenvalue weighted by Gasteiger charge is -2.29. The number of piperidine rings is 1. The number of sulfone groups is 1. The first kappa shape index (κ1) is 13.1. The number of ether oxygens (including phenoxy) is 1. The van der Waals surface area contributed by atoms with Gasteiger partial charge in [0.15, 0.2) is 9.84 Å². The predicted molar refractivity (Wildman–Crippen MR) is 73.1 cm³/mol. The number of hydrogen-bond donors (Lipinski definition) is 1. The van der Waals surface area contributed by atoms with Crippen LogP contribution in [0.4, 0.5) is 0 Å². The maximum atomic E-state index is 12.6. The average molecular weight is 281 g/mol. The fourth-order valence-electron chi connectivity index (χ4n) is 2.78. The molecule has 2 saturated heterocycles.